The maximum absolute atomic E-state index is 11.2. The first-order chi connectivity index (χ1) is 6.94. The molecule has 0 fully saturated rings. The lowest BCUT2D eigenvalue weighted by Gasteiger charge is -1.99. The zero-order valence-electron chi connectivity index (χ0n) is 8.50. The molecule has 15 heavy (non-hydrogen) atoms. The van der Waals surface area contributed by atoms with Gasteiger partial charge < -0.3 is 0 Å². The van der Waals surface area contributed by atoms with Crippen LogP contribution in [0.25, 0.3) is 0 Å². The third kappa shape index (κ3) is 3.45. The first-order valence-corrected chi connectivity index (χ1v) is 5.95. The number of nitrogens with zero attached hydrogens (tertiary/aromatic N) is 2. The Kier molecular flexibility index (Phi) is 3.59. The Morgan fingerprint density at radius 2 is 2.27 bits per heavy atom. The minimum Gasteiger partial charge on any atom is -0.273 e. The van der Waals surface area contributed by atoms with E-state index < -0.39 is 10.1 Å². The van der Waals surface area contributed by atoms with Gasteiger partial charge in [0.1, 0.15) is 5.75 Å². The van der Waals surface area contributed by atoms with E-state index in [0.29, 0.717) is 5.69 Å². The normalized spacial score (nSPS) is 11.6. The van der Waals surface area contributed by atoms with Crippen LogP contribution in [0, 0.1) is 0 Å². The second kappa shape index (κ2) is 4.54. The van der Waals surface area contributed by atoms with Gasteiger partial charge in [0.2, 0.25) is 5.91 Å². The van der Waals surface area contributed by atoms with E-state index in [-0.39, 0.29) is 18.3 Å². The summed E-state index contributed by atoms with van der Waals surface area (Å²) in [6, 6.07) is 1.47. The Balaban J connectivity index is 2.77. The van der Waals surface area contributed by atoms with E-state index in [0.717, 1.165) is 4.68 Å². The van der Waals surface area contributed by atoms with Crippen molar-refractivity contribution in [2.45, 2.75) is 19.6 Å². The van der Waals surface area contributed by atoms with Gasteiger partial charge in [-0.05, 0) is 13.0 Å². The summed E-state index contributed by atoms with van der Waals surface area (Å²) in [6.45, 7) is 3.02. The van der Waals surface area contributed by atoms with E-state index in [4.69, 9.17) is 0 Å². The van der Waals surface area contributed by atoms with Crippen LogP contribution in [-0.4, -0.2) is 30.7 Å². The quantitative estimate of drug-likeness (QED) is 0.702. The summed E-state index contributed by atoms with van der Waals surface area (Å²) in [7, 11) is -3.58. The van der Waals surface area contributed by atoms with Gasteiger partial charge in [0, 0.05) is 13.1 Å². The summed E-state index contributed by atoms with van der Waals surface area (Å²) >= 11 is 0. The van der Waals surface area contributed by atoms with Crippen molar-refractivity contribution < 1.29 is 17.4 Å². The van der Waals surface area contributed by atoms with Crippen molar-refractivity contribution in [1.29, 1.82) is 0 Å². The van der Waals surface area contributed by atoms with Crippen LogP contribution in [0.3, 0.4) is 0 Å². The van der Waals surface area contributed by atoms with E-state index >= 15 is 0 Å². The molecule has 0 saturated heterocycles. The van der Waals surface area contributed by atoms with Crippen LogP contribution in [-0.2, 0) is 20.1 Å². The summed E-state index contributed by atoms with van der Waals surface area (Å²) in [4.78, 5) is 10.9. The third-order valence-corrected chi connectivity index (χ3v) is 2.83. The average Bonchev–Trinajstić information content (AvgIpc) is 2.51. The minimum atomic E-state index is -3.58. The SMILES string of the molecule is CCOS(=O)(=O)Cc1ccn(C(C)=O)n1. The molecule has 84 valence electrons. The molecule has 0 aliphatic heterocycles. The van der Waals surface area contributed by atoms with Crippen LogP contribution in [0.1, 0.15) is 24.3 Å². The Morgan fingerprint density at radius 1 is 1.60 bits per heavy atom. The number of carbonyl (C=O) groups excluding carboxylic acids is 1. The molecule has 0 atom stereocenters. The molecule has 6 nitrogen and oxygen atoms in total. The van der Waals surface area contributed by atoms with Gasteiger partial charge in [-0.3, -0.25) is 8.98 Å². The second-order valence-corrected chi connectivity index (χ2v) is 4.52. The first kappa shape index (κ1) is 11.9. The number of carbonyl (C=O) groups is 1. The van der Waals surface area contributed by atoms with Gasteiger partial charge in [0.25, 0.3) is 10.1 Å². The highest BCUT2D eigenvalue weighted by molar-refractivity contribution is 7.85. The molecule has 0 aliphatic carbocycles. The molecular formula is C8H12N2O4S. The molecule has 1 rings (SSSR count). The van der Waals surface area contributed by atoms with E-state index in [9.17, 15) is 13.2 Å². The van der Waals surface area contributed by atoms with Crippen molar-refractivity contribution in [2.75, 3.05) is 6.61 Å². The molecule has 7 heteroatoms. The maximum atomic E-state index is 11.2. The Hall–Kier alpha value is -1.21. The highest BCUT2D eigenvalue weighted by Gasteiger charge is 2.14. The molecule has 0 N–H and O–H groups in total. The van der Waals surface area contributed by atoms with Gasteiger partial charge in [-0.25, -0.2) is 4.68 Å². The predicted molar refractivity (Wildman–Crippen MR) is 52.8 cm³/mol. The summed E-state index contributed by atoms with van der Waals surface area (Å²) in [5, 5.41) is 3.79. The van der Waals surface area contributed by atoms with Crippen molar-refractivity contribution in [1.82, 2.24) is 9.78 Å². The average molecular weight is 232 g/mol. The highest BCUT2D eigenvalue weighted by atomic mass is 32.2. The molecule has 0 radical (unpaired) electrons. The molecule has 0 aromatic carbocycles. The molecule has 0 aliphatic rings. The predicted octanol–water partition coefficient (Wildman–Crippen LogP) is 0.410. The van der Waals surface area contributed by atoms with Crippen molar-refractivity contribution in [3.05, 3.63) is 18.0 Å². The summed E-state index contributed by atoms with van der Waals surface area (Å²) in [6.07, 6.45) is 1.42. The Bertz CT molecular complexity index is 449. The van der Waals surface area contributed by atoms with Crippen LogP contribution in [0.5, 0.6) is 0 Å². The minimum absolute atomic E-state index is 0.0930. The topological polar surface area (TPSA) is 78.3 Å². The molecular weight excluding hydrogens is 220 g/mol. The zero-order valence-corrected chi connectivity index (χ0v) is 9.32. The Labute approximate surface area is 88.0 Å². The van der Waals surface area contributed by atoms with E-state index in [1.807, 2.05) is 0 Å². The Morgan fingerprint density at radius 3 is 2.73 bits per heavy atom. The summed E-state index contributed by atoms with van der Waals surface area (Å²) < 4.78 is 28.1. The monoisotopic (exact) mass is 232 g/mol. The number of hydrogen-bond acceptors (Lipinski definition) is 5. The highest BCUT2D eigenvalue weighted by Crippen LogP contribution is 2.05. The number of hydrogen-bond donors (Lipinski definition) is 0. The molecule has 1 heterocycles. The molecule has 0 amide bonds. The van der Waals surface area contributed by atoms with Crippen LogP contribution in [0.15, 0.2) is 12.3 Å². The number of rotatable bonds is 4. The van der Waals surface area contributed by atoms with E-state index in [2.05, 4.69) is 9.28 Å². The molecule has 0 spiro atoms. The molecule has 0 bridgehead atoms. The maximum Gasteiger partial charge on any atom is 0.273 e. The zero-order chi connectivity index (χ0) is 11.5. The van der Waals surface area contributed by atoms with Crippen LogP contribution >= 0.6 is 0 Å². The summed E-state index contributed by atoms with van der Waals surface area (Å²) in [5.74, 6) is -0.587. The summed E-state index contributed by atoms with van der Waals surface area (Å²) in [5.41, 5.74) is 0.290. The van der Waals surface area contributed by atoms with Gasteiger partial charge in [-0.15, -0.1) is 0 Å². The molecule has 0 saturated carbocycles. The van der Waals surface area contributed by atoms with Crippen molar-refractivity contribution in [3.8, 4) is 0 Å². The van der Waals surface area contributed by atoms with Gasteiger partial charge in [0.05, 0.1) is 12.3 Å². The fraction of sp³-hybridized carbons (Fsp3) is 0.500. The van der Waals surface area contributed by atoms with Crippen LogP contribution < -0.4 is 0 Å². The van der Waals surface area contributed by atoms with Crippen LogP contribution in [0.4, 0.5) is 0 Å². The lowest BCUT2D eigenvalue weighted by atomic mass is 10.5. The van der Waals surface area contributed by atoms with Crippen molar-refractivity contribution in [2.24, 2.45) is 0 Å². The molecule has 1 aromatic heterocycles. The smallest absolute Gasteiger partial charge is 0.273 e. The second-order valence-electron chi connectivity index (χ2n) is 2.88. The lowest BCUT2D eigenvalue weighted by molar-refractivity contribution is 0.0920. The molecule has 0 unspecified atom stereocenters. The van der Waals surface area contributed by atoms with Gasteiger partial charge in [0.15, 0.2) is 0 Å². The van der Waals surface area contributed by atoms with Gasteiger partial charge in [-0.1, -0.05) is 0 Å². The first-order valence-electron chi connectivity index (χ1n) is 4.37. The lowest BCUT2D eigenvalue weighted by Crippen LogP contribution is -2.11. The number of aromatic nitrogens is 2. The standard InChI is InChI=1S/C8H12N2O4S/c1-3-14-15(12,13)6-8-4-5-10(9-8)7(2)11/h4-5H,3,6H2,1-2H3. The van der Waals surface area contributed by atoms with Gasteiger partial charge >= 0.3 is 0 Å². The van der Waals surface area contributed by atoms with Crippen molar-refractivity contribution >= 4 is 16.0 Å². The van der Waals surface area contributed by atoms with Crippen molar-refractivity contribution in [3.63, 3.8) is 0 Å². The van der Waals surface area contributed by atoms with Crippen LogP contribution in [0.2, 0.25) is 0 Å². The fourth-order valence-electron chi connectivity index (χ4n) is 1.02. The van der Waals surface area contributed by atoms with E-state index in [1.54, 1.807) is 6.92 Å². The largest absolute Gasteiger partial charge is 0.273 e. The van der Waals surface area contributed by atoms with E-state index in [1.165, 1.54) is 19.2 Å². The fourth-order valence-corrected chi connectivity index (χ4v) is 1.98. The van der Waals surface area contributed by atoms with Gasteiger partial charge in [-0.2, -0.15) is 13.5 Å². The third-order valence-electron chi connectivity index (χ3n) is 1.59. The molecule has 1 aromatic rings.